The van der Waals surface area contributed by atoms with Gasteiger partial charge < -0.3 is 15.4 Å². The summed E-state index contributed by atoms with van der Waals surface area (Å²) in [6.45, 7) is 3.02. The molecule has 4 heteroatoms. The maximum atomic E-state index is 12.2. The number of methoxy groups -OCH3 is 1. The van der Waals surface area contributed by atoms with Crippen molar-refractivity contribution in [3.8, 4) is 5.75 Å². The van der Waals surface area contributed by atoms with E-state index in [1.165, 1.54) is 0 Å². The van der Waals surface area contributed by atoms with Gasteiger partial charge in [0.1, 0.15) is 5.75 Å². The quantitative estimate of drug-likeness (QED) is 0.860. The molecule has 0 spiro atoms. The summed E-state index contributed by atoms with van der Waals surface area (Å²) in [4.78, 5) is 12.2. The monoisotopic (exact) mass is 248 g/mol. The molecule has 1 aromatic carbocycles. The molecule has 4 nitrogen and oxygen atoms in total. The summed E-state index contributed by atoms with van der Waals surface area (Å²) in [6.07, 6.45) is 2.23. The first-order valence-corrected chi connectivity index (χ1v) is 6.39. The normalized spacial score (nSPS) is 23.4. The number of nitrogens with one attached hydrogen (secondary N) is 2. The van der Waals surface area contributed by atoms with Gasteiger partial charge in [-0.25, -0.2) is 0 Å². The standard InChI is InChI=1S/C14H20N2O2/c1-10-6-5-9-15-13(10)14(17)16-11-7-3-4-8-12(11)18-2/h3-4,7-8,10,13,15H,5-6,9H2,1-2H3,(H,16,17). The van der Waals surface area contributed by atoms with E-state index in [-0.39, 0.29) is 11.9 Å². The fourth-order valence-corrected chi connectivity index (χ4v) is 2.36. The number of ether oxygens (including phenoxy) is 1. The van der Waals surface area contributed by atoms with Crippen LogP contribution in [-0.4, -0.2) is 25.6 Å². The second-order valence-corrected chi connectivity index (χ2v) is 4.74. The molecule has 1 aromatic rings. The predicted molar refractivity (Wildman–Crippen MR) is 71.8 cm³/mol. The SMILES string of the molecule is COc1ccccc1NC(=O)C1NCCCC1C. The zero-order valence-electron chi connectivity index (χ0n) is 10.9. The molecule has 0 saturated carbocycles. The number of hydrogen-bond acceptors (Lipinski definition) is 3. The summed E-state index contributed by atoms with van der Waals surface area (Å²) in [5.41, 5.74) is 0.726. The first-order chi connectivity index (χ1) is 8.72. The molecule has 98 valence electrons. The van der Waals surface area contributed by atoms with Gasteiger partial charge in [-0.2, -0.15) is 0 Å². The summed E-state index contributed by atoms with van der Waals surface area (Å²) in [5.74, 6) is 1.08. The van der Waals surface area contributed by atoms with Crippen LogP contribution in [-0.2, 0) is 4.79 Å². The summed E-state index contributed by atoms with van der Waals surface area (Å²) in [7, 11) is 1.60. The highest BCUT2D eigenvalue weighted by molar-refractivity contribution is 5.96. The van der Waals surface area contributed by atoms with Crippen LogP contribution in [0.5, 0.6) is 5.75 Å². The maximum absolute atomic E-state index is 12.2. The van der Waals surface area contributed by atoms with Crippen LogP contribution in [0.2, 0.25) is 0 Å². The number of piperidine rings is 1. The average Bonchev–Trinajstić information content (AvgIpc) is 2.39. The first-order valence-electron chi connectivity index (χ1n) is 6.39. The summed E-state index contributed by atoms with van der Waals surface area (Å²) < 4.78 is 5.23. The fourth-order valence-electron chi connectivity index (χ4n) is 2.36. The topological polar surface area (TPSA) is 50.4 Å². The fraction of sp³-hybridized carbons (Fsp3) is 0.500. The molecule has 1 heterocycles. The number of carbonyl (C=O) groups is 1. The van der Waals surface area contributed by atoms with Crippen molar-refractivity contribution in [2.45, 2.75) is 25.8 Å². The van der Waals surface area contributed by atoms with E-state index in [0.29, 0.717) is 11.7 Å². The highest BCUT2D eigenvalue weighted by Crippen LogP contribution is 2.24. The van der Waals surface area contributed by atoms with Gasteiger partial charge in [-0.15, -0.1) is 0 Å². The van der Waals surface area contributed by atoms with E-state index in [4.69, 9.17) is 4.74 Å². The van der Waals surface area contributed by atoms with Gasteiger partial charge in [0.2, 0.25) is 5.91 Å². The number of anilines is 1. The highest BCUT2D eigenvalue weighted by atomic mass is 16.5. The van der Waals surface area contributed by atoms with Gasteiger partial charge in [-0.05, 0) is 37.4 Å². The molecule has 0 bridgehead atoms. The van der Waals surface area contributed by atoms with Crippen molar-refractivity contribution >= 4 is 11.6 Å². The van der Waals surface area contributed by atoms with Crippen LogP contribution in [0.25, 0.3) is 0 Å². The second-order valence-electron chi connectivity index (χ2n) is 4.74. The molecule has 2 rings (SSSR count). The Hall–Kier alpha value is -1.55. The molecule has 2 atom stereocenters. The number of para-hydroxylation sites is 2. The average molecular weight is 248 g/mol. The Kier molecular flexibility index (Phi) is 4.20. The van der Waals surface area contributed by atoms with Crippen molar-refractivity contribution in [1.82, 2.24) is 5.32 Å². The molecule has 1 aliphatic rings. The van der Waals surface area contributed by atoms with Gasteiger partial charge in [0.05, 0.1) is 18.8 Å². The van der Waals surface area contributed by atoms with Crippen LogP contribution in [0.15, 0.2) is 24.3 Å². The zero-order valence-corrected chi connectivity index (χ0v) is 10.9. The van der Waals surface area contributed by atoms with Gasteiger partial charge in [0, 0.05) is 0 Å². The molecule has 2 N–H and O–H groups in total. The Labute approximate surface area is 108 Å². The molecule has 1 fully saturated rings. The minimum absolute atomic E-state index is 0.0201. The molecule has 2 unspecified atom stereocenters. The van der Waals surface area contributed by atoms with Crippen molar-refractivity contribution in [3.05, 3.63) is 24.3 Å². The highest BCUT2D eigenvalue weighted by Gasteiger charge is 2.27. The van der Waals surface area contributed by atoms with Crippen molar-refractivity contribution < 1.29 is 9.53 Å². The summed E-state index contributed by atoms with van der Waals surface area (Å²) >= 11 is 0. The van der Waals surface area contributed by atoms with Crippen LogP contribution in [0, 0.1) is 5.92 Å². The largest absolute Gasteiger partial charge is 0.495 e. The molecule has 1 saturated heterocycles. The Balaban J connectivity index is 2.06. The molecule has 0 radical (unpaired) electrons. The van der Waals surface area contributed by atoms with Crippen molar-refractivity contribution in [2.24, 2.45) is 5.92 Å². The van der Waals surface area contributed by atoms with Gasteiger partial charge in [0.25, 0.3) is 0 Å². The Morgan fingerprint density at radius 2 is 2.22 bits per heavy atom. The third-order valence-electron chi connectivity index (χ3n) is 3.42. The van der Waals surface area contributed by atoms with E-state index in [2.05, 4.69) is 17.6 Å². The van der Waals surface area contributed by atoms with E-state index in [0.717, 1.165) is 25.1 Å². The number of amides is 1. The molecular weight excluding hydrogens is 228 g/mol. The minimum Gasteiger partial charge on any atom is -0.495 e. The van der Waals surface area contributed by atoms with Gasteiger partial charge in [-0.3, -0.25) is 4.79 Å². The van der Waals surface area contributed by atoms with E-state index >= 15 is 0 Å². The van der Waals surface area contributed by atoms with Crippen molar-refractivity contribution in [3.63, 3.8) is 0 Å². The van der Waals surface area contributed by atoms with Crippen molar-refractivity contribution in [1.29, 1.82) is 0 Å². The molecule has 1 aliphatic heterocycles. The van der Waals surface area contributed by atoms with E-state index in [9.17, 15) is 4.79 Å². The predicted octanol–water partition coefficient (Wildman–Crippen LogP) is 2.02. The lowest BCUT2D eigenvalue weighted by molar-refractivity contribution is -0.119. The van der Waals surface area contributed by atoms with Crippen LogP contribution in [0.3, 0.4) is 0 Å². The smallest absolute Gasteiger partial charge is 0.241 e. The molecule has 0 aliphatic carbocycles. The van der Waals surface area contributed by atoms with E-state index in [1.807, 2.05) is 24.3 Å². The number of benzene rings is 1. The number of rotatable bonds is 3. The van der Waals surface area contributed by atoms with Gasteiger partial charge >= 0.3 is 0 Å². The number of carbonyl (C=O) groups excluding carboxylic acids is 1. The Bertz CT molecular complexity index is 420. The van der Waals surface area contributed by atoms with Gasteiger partial charge in [0.15, 0.2) is 0 Å². The molecular formula is C14H20N2O2. The van der Waals surface area contributed by atoms with Crippen LogP contribution >= 0.6 is 0 Å². The minimum atomic E-state index is -0.108. The maximum Gasteiger partial charge on any atom is 0.241 e. The van der Waals surface area contributed by atoms with Crippen LogP contribution in [0.1, 0.15) is 19.8 Å². The molecule has 0 aromatic heterocycles. The zero-order chi connectivity index (χ0) is 13.0. The van der Waals surface area contributed by atoms with E-state index < -0.39 is 0 Å². The lowest BCUT2D eigenvalue weighted by Gasteiger charge is -2.29. The number of hydrogen-bond donors (Lipinski definition) is 2. The lowest BCUT2D eigenvalue weighted by atomic mass is 9.92. The lowest BCUT2D eigenvalue weighted by Crippen LogP contribution is -2.48. The Morgan fingerprint density at radius 3 is 2.94 bits per heavy atom. The van der Waals surface area contributed by atoms with Crippen LogP contribution in [0.4, 0.5) is 5.69 Å². The van der Waals surface area contributed by atoms with E-state index in [1.54, 1.807) is 7.11 Å². The first kappa shape index (κ1) is 12.9. The van der Waals surface area contributed by atoms with Crippen molar-refractivity contribution in [2.75, 3.05) is 19.0 Å². The Morgan fingerprint density at radius 1 is 1.44 bits per heavy atom. The third kappa shape index (κ3) is 2.82. The van der Waals surface area contributed by atoms with Crippen LogP contribution < -0.4 is 15.4 Å². The van der Waals surface area contributed by atoms with Gasteiger partial charge in [-0.1, -0.05) is 19.1 Å². The molecule has 18 heavy (non-hydrogen) atoms. The summed E-state index contributed by atoms with van der Waals surface area (Å²) in [6, 6.07) is 7.35. The molecule has 1 amide bonds. The second kappa shape index (κ2) is 5.87. The third-order valence-corrected chi connectivity index (χ3v) is 3.42. The summed E-state index contributed by atoms with van der Waals surface area (Å²) in [5, 5.41) is 6.21.